The van der Waals surface area contributed by atoms with Crippen LogP contribution in [0.4, 0.5) is 0 Å². The summed E-state index contributed by atoms with van der Waals surface area (Å²) in [5, 5.41) is 9.36. The van der Waals surface area contributed by atoms with E-state index in [2.05, 4.69) is 13.5 Å². The molecule has 0 aromatic heterocycles. The summed E-state index contributed by atoms with van der Waals surface area (Å²) in [6.07, 6.45) is 13.1. The highest BCUT2D eigenvalue weighted by Gasteiger charge is 1.95. The summed E-state index contributed by atoms with van der Waals surface area (Å²) < 4.78 is 0. The zero-order valence-corrected chi connectivity index (χ0v) is 10.5. The van der Waals surface area contributed by atoms with Crippen LogP contribution < -0.4 is 0 Å². The molecule has 0 aromatic carbocycles. The van der Waals surface area contributed by atoms with Crippen LogP contribution in [-0.2, 0) is 0 Å². The average Bonchev–Trinajstić information content (AvgIpc) is 2.29. The predicted octanol–water partition coefficient (Wildman–Crippen LogP) is 4.86. The lowest BCUT2D eigenvalue weighted by Crippen LogP contribution is -1.83. The van der Waals surface area contributed by atoms with E-state index in [0.717, 1.165) is 17.6 Å². The van der Waals surface area contributed by atoms with Crippen LogP contribution in [-0.4, -0.2) is 5.11 Å². The van der Waals surface area contributed by atoms with Gasteiger partial charge in [0, 0.05) is 6.42 Å². The summed E-state index contributed by atoms with van der Waals surface area (Å²) in [6.45, 7) is 9.98. The van der Waals surface area contributed by atoms with Crippen molar-refractivity contribution in [2.24, 2.45) is 0 Å². The van der Waals surface area contributed by atoms with E-state index < -0.39 is 0 Å². The molecule has 0 rings (SSSR count). The largest absolute Gasteiger partial charge is 0.512 e. The topological polar surface area (TPSA) is 20.2 Å². The lowest BCUT2D eigenvalue weighted by Gasteiger charge is -2.02. The van der Waals surface area contributed by atoms with Gasteiger partial charge in [-0.2, -0.15) is 0 Å². The monoisotopic (exact) mass is 218 g/mol. The number of allylic oxidation sites excluding steroid dienone is 9. The van der Waals surface area contributed by atoms with Gasteiger partial charge < -0.3 is 5.11 Å². The molecule has 16 heavy (non-hydrogen) atoms. The maximum absolute atomic E-state index is 9.36. The summed E-state index contributed by atoms with van der Waals surface area (Å²) in [4.78, 5) is 0. The van der Waals surface area contributed by atoms with Gasteiger partial charge in [-0.1, -0.05) is 50.8 Å². The first-order valence-corrected chi connectivity index (χ1v) is 5.73. The van der Waals surface area contributed by atoms with E-state index in [-0.39, 0.29) is 0 Å². The van der Waals surface area contributed by atoms with Crippen molar-refractivity contribution in [2.75, 3.05) is 0 Å². The highest BCUT2D eigenvalue weighted by molar-refractivity contribution is 5.40. The molecule has 0 atom stereocenters. The highest BCUT2D eigenvalue weighted by atomic mass is 16.3. The van der Waals surface area contributed by atoms with Crippen molar-refractivity contribution in [3.8, 4) is 0 Å². The molecule has 1 heteroatoms. The molecule has 0 aliphatic heterocycles. The smallest absolute Gasteiger partial charge is 0.0919 e. The van der Waals surface area contributed by atoms with Crippen molar-refractivity contribution < 1.29 is 5.11 Å². The van der Waals surface area contributed by atoms with E-state index >= 15 is 0 Å². The second-order valence-corrected chi connectivity index (χ2v) is 3.47. The fourth-order valence-corrected chi connectivity index (χ4v) is 1.16. The van der Waals surface area contributed by atoms with Crippen LogP contribution in [0.2, 0.25) is 0 Å². The van der Waals surface area contributed by atoms with Crippen LogP contribution in [0, 0.1) is 0 Å². The van der Waals surface area contributed by atoms with Crippen LogP contribution in [0.3, 0.4) is 0 Å². The molecule has 0 aromatic rings. The third-order valence-electron chi connectivity index (χ3n) is 2.23. The Balaban J connectivity index is 4.67. The van der Waals surface area contributed by atoms with Gasteiger partial charge in [-0.3, -0.25) is 0 Å². The summed E-state index contributed by atoms with van der Waals surface area (Å²) in [5.41, 5.74) is 2.13. The Hall–Kier alpha value is -1.50. The molecular weight excluding hydrogens is 196 g/mol. The van der Waals surface area contributed by atoms with Crippen molar-refractivity contribution in [3.05, 3.63) is 59.9 Å². The average molecular weight is 218 g/mol. The van der Waals surface area contributed by atoms with Crippen LogP contribution >= 0.6 is 0 Å². The Morgan fingerprint density at radius 1 is 1.12 bits per heavy atom. The third kappa shape index (κ3) is 6.07. The highest BCUT2D eigenvalue weighted by Crippen LogP contribution is 2.14. The molecular formula is C15H22O. The summed E-state index contributed by atoms with van der Waals surface area (Å²) in [6, 6.07) is 0. The zero-order chi connectivity index (χ0) is 12.4. The fourth-order valence-electron chi connectivity index (χ4n) is 1.16. The molecule has 0 bridgehead atoms. The molecule has 1 N–H and O–H groups in total. The predicted molar refractivity (Wildman–Crippen MR) is 72.5 cm³/mol. The minimum absolute atomic E-state index is 0.399. The lowest BCUT2D eigenvalue weighted by atomic mass is 10.0. The van der Waals surface area contributed by atoms with Crippen LogP contribution in [0.5, 0.6) is 0 Å². The Bertz CT molecular complexity index is 327. The molecule has 88 valence electrons. The van der Waals surface area contributed by atoms with Gasteiger partial charge in [0.2, 0.25) is 0 Å². The van der Waals surface area contributed by atoms with Crippen molar-refractivity contribution in [2.45, 2.75) is 33.6 Å². The molecule has 0 saturated carbocycles. The molecule has 0 spiro atoms. The lowest BCUT2D eigenvalue weighted by molar-refractivity contribution is 0.395. The first-order valence-electron chi connectivity index (χ1n) is 5.73. The summed E-state index contributed by atoms with van der Waals surface area (Å²) >= 11 is 0. The molecule has 0 aliphatic carbocycles. The van der Waals surface area contributed by atoms with Crippen molar-refractivity contribution in [1.29, 1.82) is 0 Å². The molecule has 0 heterocycles. The van der Waals surface area contributed by atoms with E-state index in [4.69, 9.17) is 0 Å². The zero-order valence-electron chi connectivity index (χ0n) is 10.5. The van der Waals surface area contributed by atoms with Crippen LogP contribution in [0.15, 0.2) is 59.9 Å². The van der Waals surface area contributed by atoms with Crippen LogP contribution in [0.25, 0.3) is 0 Å². The van der Waals surface area contributed by atoms with Gasteiger partial charge in [0.25, 0.3) is 0 Å². The summed E-state index contributed by atoms with van der Waals surface area (Å²) in [5.74, 6) is 0.399. The maximum Gasteiger partial charge on any atom is 0.0919 e. The van der Waals surface area contributed by atoms with E-state index in [1.54, 1.807) is 6.08 Å². The molecule has 1 nitrogen and oxygen atoms in total. The van der Waals surface area contributed by atoms with Gasteiger partial charge in [-0.05, 0) is 30.6 Å². The van der Waals surface area contributed by atoms with Gasteiger partial charge in [0.15, 0.2) is 0 Å². The van der Waals surface area contributed by atoms with Crippen LogP contribution in [0.1, 0.15) is 33.6 Å². The Morgan fingerprint density at radius 2 is 1.81 bits per heavy atom. The summed E-state index contributed by atoms with van der Waals surface area (Å²) in [7, 11) is 0. The number of aliphatic hydroxyl groups excluding tert-OH is 1. The Labute approximate surface area is 99.2 Å². The molecule has 0 unspecified atom stereocenters. The normalized spacial score (nSPS) is 13.9. The fraction of sp³-hybridized carbons (Fsp3) is 0.333. The number of hydrogen-bond acceptors (Lipinski definition) is 1. The SMILES string of the molecule is C=C(/C=C\C=C/C)/C(=C/C=C(/O)CC)CC. The maximum atomic E-state index is 9.36. The van der Waals surface area contributed by atoms with Gasteiger partial charge in [0.1, 0.15) is 0 Å². The molecule has 0 amide bonds. The van der Waals surface area contributed by atoms with Gasteiger partial charge in [-0.15, -0.1) is 0 Å². The molecule has 0 fully saturated rings. The standard InChI is InChI=1S/C15H22O/c1-5-8-9-10-13(4)14(6-2)11-12-15(16)7-3/h5,8-12,16H,4,6-7H2,1-3H3/b8-5-,10-9-,14-11+,15-12+. The minimum atomic E-state index is 0.399. The Kier molecular flexibility index (Phi) is 7.96. The van der Waals surface area contributed by atoms with Gasteiger partial charge in [0.05, 0.1) is 5.76 Å². The number of rotatable bonds is 6. The van der Waals surface area contributed by atoms with E-state index in [1.165, 1.54) is 0 Å². The van der Waals surface area contributed by atoms with E-state index in [9.17, 15) is 5.11 Å². The quantitative estimate of drug-likeness (QED) is 0.498. The Morgan fingerprint density at radius 3 is 2.31 bits per heavy atom. The molecule has 0 aliphatic rings. The van der Waals surface area contributed by atoms with Crippen molar-refractivity contribution in [1.82, 2.24) is 0 Å². The van der Waals surface area contributed by atoms with Crippen molar-refractivity contribution >= 4 is 0 Å². The molecule has 0 saturated heterocycles. The first-order chi connectivity index (χ1) is 7.65. The van der Waals surface area contributed by atoms with E-state index in [0.29, 0.717) is 12.2 Å². The first kappa shape index (κ1) is 14.5. The minimum Gasteiger partial charge on any atom is -0.512 e. The van der Waals surface area contributed by atoms with Gasteiger partial charge >= 0.3 is 0 Å². The second kappa shape index (κ2) is 8.78. The van der Waals surface area contributed by atoms with Crippen molar-refractivity contribution in [3.63, 3.8) is 0 Å². The number of aliphatic hydroxyl groups is 1. The molecule has 0 radical (unpaired) electrons. The third-order valence-corrected chi connectivity index (χ3v) is 2.23. The second-order valence-electron chi connectivity index (χ2n) is 3.47. The van der Waals surface area contributed by atoms with E-state index in [1.807, 2.05) is 44.2 Å². The number of hydrogen-bond donors (Lipinski definition) is 1. The van der Waals surface area contributed by atoms with Gasteiger partial charge in [-0.25, -0.2) is 0 Å².